The third-order valence-corrected chi connectivity index (χ3v) is 8.09. The number of pyridine rings is 1. The Morgan fingerprint density at radius 3 is 1.98 bits per heavy atom. The summed E-state index contributed by atoms with van der Waals surface area (Å²) in [6.07, 6.45) is 3.69. The zero-order valence-electron chi connectivity index (χ0n) is 22.5. The summed E-state index contributed by atoms with van der Waals surface area (Å²) < 4.78 is 0. The van der Waals surface area contributed by atoms with Crippen molar-refractivity contribution in [3.63, 3.8) is 0 Å². The van der Waals surface area contributed by atoms with Crippen molar-refractivity contribution < 1.29 is 0 Å². The molecule has 0 amide bonds. The van der Waals surface area contributed by atoms with Crippen LogP contribution in [-0.2, 0) is 0 Å². The highest BCUT2D eigenvalue weighted by Crippen LogP contribution is 2.40. The van der Waals surface area contributed by atoms with Crippen molar-refractivity contribution in [1.82, 2.24) is 15.0 Å². The topological polar surface area (TPSA) is 38.7 Å². The number of hydrogen-bond donors (Lipinski definition) is 0. The zero-order valence-corrected chi connectivity index (χ0v) is 22.5. The van der Waals surface area contributed by atoms with Gasteiger partial charge in [-0.15, -0.1) is 0 Å². The van der Waals surface area contributed by atoms with Crippen LogP contribution in [0.2, 0.25) is 0 Å². The minimum absolute atomic E-state index is 0.734. The molecule has 2 aromatic heterocycles. The molecule has 0 bridgehead atoms. The van der Waals surface area contributed by atoms with Crippen molar-refractivity contribution in [1.29, 1.82) is 0 Å². The maximum absolute atomic E-state index is 5.19. The fraction of sp³-hybridized carbons (Fsp3) is 0.0263. The second-order valence-electron chi connectivity index (χ2n) is 10.6. The number of aryl methyl sites for hydroxylation is 1. The van der Waals surface area contributed by atoms with E-state index in [1.165, 1.54) is 32.3 Å². The van der Waals surface area contributed by atoms with E-state index in [4.69, 9.17) is 9.97 Å². The van der Waals surface area contributed by atoms with Crippen LogP contribution in [0.4, 0.5) is 0 Å². The van der Waals surface area contributed by atoms with E-state index in [0.29, 0.717) is 0 Å². The van der Waals surface area contributed by atoms with Crippen molar-refractivity contribution >= 4 is 32.3 Å². The van der Waals surface area contributed by atoms with Crippen LogP contribution in [0.15, 0.2) is 134 Å². The first-order valence-corrected chi connectivity index (χ1v) is 13.9. The highest BCUT2D eigenvalue weighted by Gasteiger charge is 2.16. The van der Waals surface area contributed by atoms with Gasteiger partial charge >= 0.3 is 0 Å². The monoisotopic (exact) mass is 523 g/mol. The van der Waals surface area contributed by atoms with E-state index < -0.39 is 0 Å². The Morgan fingerprint density at radius 1 is 0.488 bits per heavy atom. The molecule has 0 saturated heterocycles. The average molecular weight is 524 g/mol. The molecule has 0 N–H and O–H groups in total. The molecule has 0 aliphatic carbocycles. The van der Waals surface area contributed by atoms with Crippen molar-refractivity contribution in [2.75, 3.05) is 0 Å². The Hall–Kier alpha value is -5.41. The standard InChI is InChI=1S/C38H25N3/c1-24-6-2-3-10-31(24)38-40-34(26-13-11-25(12-14-26)30-9-5-21-39-23-30)22-35(41-38)32-19-17-29-16-15-27-7-4-8-28-18-20-33(32)37(29)36(27)28/h2-23H,1H3. The number of hydrogen-bond acceptors (Lipinski definition) is 3. The Labute approximate surface area is 238 Å². The van der Waals surface area contributed by atoms with E-state index in [2.05, 4.69) is 127 Å². The molecule has 192 valence electrons. The van der Waals surface area contributed by atoms with Gasteiger partial charge in [-0.2, -0.15) is 0 Å². The van der Waals surface area contributed by atoms with Gasteiger partial charge in [0.1, 0.15) is 0 Å². The first-order valence-electron chi connectivity index (χ1n) is 13.9. The van der Waals surface area contributed by atoms with Crippen LogP contribution in [0.3, 0.4) is 0 Å². The molecule has 3 nitrogen and oxygen atoms in total. The molecule has 8 rings (SSSR count). The van der Waals surface area contributed by atoms with Gasteiger partial charge in [0, 0.05) is 29.1 Å². The fourth-order valence-corrected chi connectivity index (χ4v) is 6.00. The predicted octanol–water partition coefficient (Wildman–Crippen LogP) is 9.75. The Bertz CT molecular complexity index is 2180. The molecule has 3 heteroatoms. The summed E-state index contributed by atoms with van der Waals surface area (Å²) in [5.41, 5.74) is 8.39. The van der Waals surface area contributed by atoms with Crippen LogP contribution in [0, 0.1) is 6.92 Å². The van der Waals surface area contributed by atoms with Gasteiger partial charge in [0.15, 0.2) is 5.82 Å². The Morgan fingerprint density at radius 2 is 1.20 bits per heavy atom. The lowest BCUT2D eigenvalue weighted by molar-refractivity contribution is 1.18. The zero-order chi connectivity index (χ0) is 27.3. The maximum atomic E-state index is 5.19. The quantitative estimate of drug-likeness (QED) is 0.216. The van der Waals surface area contributed by atoms with E-state index >= 15 is 0 Å². The summed E-state index contributed by atoms with van der Waals surface area (Å²) in [5.74, 6) is 0.734. The Kier molecular flexibility index (Phi) is 5.36. The molecule has 0 saturated carbocycles. The van der Waals surface area contributed by atoms with Crippen molar-refractivity contribution in [3.05, 3.63) is 139 Å². The van der Waals surface area contributed by atoms with Crippen LogP contribution < -0.4 is 0 Å². The summed E-state index contributed by atoms with van der Waals surface area (Å²) >= 11 is 0. The van der Waals surface area contributed by atoms with E-state index in [-0.39, 0.29) is 0 Å². The molecule has 0 atom stereocenters. The molecular formula is C38H25N3. The largest absolute Gasteiger partial charge is 0.264 e. The van der Waals surface area contributed by atoms with E-state index in [0.717, 1.165) is 50.6 Å². The first-order chi connectivity index (χ1) is 20.2. The molecule has 0 spiro atoms. The SMILES string of the molecule is Cc1ccccc1-c1nc(-c2ccc(-c3cccnc3)cc2)cc(-c2ccc3ccc4cccc5ccc2c3c45)n1. The van der Waals surface area contributed by atoms with Crippen LogP contribution in [-0.4, -0.2) is 15.0 Å². The minimum Gasteiger partial charge on any atom is -0.264 e. The van der Waals surface area contributed by atoms with Gasteiger partial charge in [-0.05, 0) is 68.1 Å². The van der Waals surface area contributed by atoms with Gasteiger partial charge in [0.05, 0.1) is 11.4 Å². The lowest BCUT2D eigenvalue weighted by Crippen LogP contribution is -1.98. The molecule has 0 aliphatic rings. The van der Waals surface area contributed by atoms with Crippen molar-refractivity contribution in [2.45, 2.75) is 6.92 Å². The molecule has 0 radical (unpaired) electrons. The normalized spacial score (nSPS) is 11.5. The smallest absolute Gasteiger partial charge is 0.160 e. The number of benzene rings is 6. The highest BCUT2D eigenvalue weighted by molar-refractivity contribution is 6.25. The lowest BCUT2D eigenvalue weighted by Gasteiger charge is -2.15. The van der Waals surface area contributed by atoms with Gasteiger partial charge < -0.3 is 0 Å². The third kappa shape index (κ3) is 3.94. The summed E-state index contributed by atoms with van der Waals surface area (Å²) in [5, 5.41) is 7.57. The predicted molar refractivity (Wildman–Crippen MR) is 170 cm³/mol. The second-order valence-corrected chi connectivity index (χ2v) is 10.6. The fourth-order valence-electron chi connectivity index (χ4n) is 6.00. The molecule has 0 fully saturated rings. The van der Waals surface area contributed by atoms with Crippen molar-refractivity contribution in [3.8, 4) is 45.0 Å². The van der Waals surface area contributed by atoms with Crippen LogP contribution in [0.5, 0.6) is 0 Å². The lowest BCUT2D eigenvalue weighted by atomic mass is 9.91. The molecular weight excluding hydrogens is 498 g/mol. The van der Waals surface area contributed by atoms with Crippen LogP contribution in [0.1, 0.15) is 5.56 Å². The van der Waals surface area contributed by atoms with Crippen molar-refractivity contribution in [2.24, 2.45) is 0 Å². The van der Waals surface area contributed by atoms with Gasteiger partial charge in [-0.3, -0.25) is 4.98 Å². The third-order valence-electron chi connectivity index (χ3n) is 8.09. The second kappa shape index (κ2) is 9.35. The van der Waals surface area contributed by atoms with Crippen LogP contribution >= 0.6 is 0 Å². The van der Waals surface area contributed by atoms with Gasteiger partial charge in [0.25, 0.3) is 0 Å². The molecule has 8 aromatic rings. The summed E-state index contributed by atoms with van der Waals surface area (Å²) in [7, 11) is 0. The van der Waals surface area contributed by atoms with E-state index in [1.54, 1.807) is 6.20 Å². The van der Waals surface area contributed by atoms with Gasteiger partial charge in [0.2, 0.25) is 0 Å². The van der Waals surface area contributed by atoms with E-state index in [9.17, 15) is 0 Å². The van der Waals surface area contributed by atoms with Crippen LogP contribution in [0.25, 0.3) is 77.3 Å². The average Bonchev–Trinajstić information content (AvgIpc) is 3.04. The molecule has 0 aliphatic heterocycles. The summed E-state index contributed by atoms with van der Waals surface area (Å²) in [4.78, 5) is 14.6. The van der Waals surface area contributed by atoms with E-state index in [1.807, 2.05) is 12.3 Å². The Balaban J connectivity index is 1.35. The summed E-state index contributed by atoms with van der Waals surface area (Å²) in [6.45, 7) is 2.11. The number of aromatic nitrogens is 3. The number of rotatable bonds is 4. The molecule has 6 aromatic carbocycles. The molecule has 2 heterocycles. The van der Waals surface area contributed by atoms with Gasteiger partial charge in [-0.1, -0.05) is 109 Å². The highest BCUT2D eigenvalue weighted by atomic mass is 14.9. The summed E-state index contributed by atoms with van der Waals surface area (Å²) in [6, 6.07) is 42.9. The minimum atomic E-state index is 0.734. The first kappa shape index (κ1) is 23.5. The van der Waals surface area contributed by atoms with Gasteiger partial charge in [-0.25, -0.2) is 9.97 Å². The number of nitrogens with zero attached hydrogens (tertiary/aromatic N) is 3. The molecule has 41 heavy (non-hydrogen) atoms. The molecule has 0 unspecified atom stereocenters. The maximum Gasteiger partial charge on any atom is 0.160 e.